The van der Waals surface area contributed by atoms with Crippen LogP contribution < -0.4 is 5.32 Å². The number of amides is 2. The third-order valence-corrected chi connectivity index (χ3v) is 5.18. The van der Waals surface area contributed by atoms with Gasteiger partial charge in [-0.05, 0) is 45.6 Å². The molecule has 3 rings (SSSR count). The van der Waals surface area contributed by atoms with Gasteiger partial charge >= 0.3 is 6.09 Å². The summed E-state index contributed by atoms with van der Waals surface area (Å²) in [5, 5.41) is 3.11. The van der Waals surface area contributed by atoms with E-state index in [2.05, 4.69) is 15.3 Å². The van der Waals surface area contributed by atoms with Gasteiger partial charge in [-0.25, -0.2) is 9.78 Å². The maximum atomic E-state index is 12.9. The van der Waals surface area contributed by atoms with E-state index in [4.69, 9.17) is 4.74 Å². The number of piperidine rings is 1. The summed E-state index contributed by atoms with van der Waals surface area (Å²) in [7, 11) is 0. The summed E-state index contributed by atoms with van der Waals surface area (Å²) in [6.45, 7) is 8.55. The molecule has 162 valence electrons. The Morgan fingerprint density at radius 3 is 2.70 bits per heavy atom. The number of carbonyl (C=O) groups is 2. The van der Waals surface area contributed by atoms with Crippen molar-refractivity contribution in [3.05, 3.63) is 42.4 Å². The number of ether oxygens (including phenoxy) is 1. The molecule has 0 bridgehead atoms. The molecule has 7 nitrogen and oxygen atoms in total. The van der Waals surface area contributed by atoms with Crippen molar-refractivity contribution in [2.75, 3.05) is 13.1 Å². The molecule has 2 atom stereocenters. The molecule has 1 fully saturated rings. The molecular weight excluding hydrogens is 380 g/mol. The Morgan fingerprint density at radius 1 is 1.30 bits per heavy atom. The molecule has 1 aliphatic rings. The summed E-state index contributed by atoms with van der Waals surface area (Å²) in [6, 6.07) is 9.77. The predicted octanol–water partition coefficient (Wildman–Crippen LogP) is 4.29. The number of carbonyl (C=O) groups excluding carboxylic acids is 2. The molecule has 7 heteroatoms. The van der Waals surface area contributed by atoms with Crippen molar-refractivity contribution < 1.29 is 14.3 Å². The molecule has 2 amide bonds. The SMILES string of the molecule is CCC(NC(=O)C1CCCN(C(=O)OC(C)(C)C)C1)c1ncc(-c2ccccc2)[nH]1. The average molecular weight is 413 g/mol. The fourth-order valence-corrected chi connectivity index (χ4v) is 3.61. The zero-order valence-corrected chi connectivity index (χ0v) is 18.3. The van der Waals surface area contributed by atoms with Gasteiger partial charge in [0.15, 0.2) is 0 Å². The lowest BCUT2D eigenvalue weighted by atomic mass is 9.97. The van der Waals surface area contributed by atoms with Crippen LogP contribution in [0.1, 0.15) is 58.8 Å². The van der Waals surface area contributed by atoms with Crippen molar-refractivity contribution in [2.24, 2.45) is 5.92 Å². The third-order valence-electron chi connectivity index (χ3n) is 5.18. The number of nitrogens with one attached hydrogen (secondary N) is 2. The first-order valence-corrected chi connectivity index (χ1v) is 10.7. The minimum Gasteiger partial charge on any atom is -0.444 e. The number of hydrogen-bond acceptors (Lipinski definition) is 4. The molecule has 0 saturated carbocycles. The zero-order chi connectivity index (χ0) is 21.7. The van der Waals surface area contributed by atoms with Crippen molar-refractivity contribution in [3.8, 4) is 11.3 Å². The van der Waals surface area contributed by atoms with Crippen LogP contribution in [0.25, 0.3) is 11.3 Å². The Balaban J connectivity index is 1.62. The lowest BCUT2D eigenvalue weighted by Gasteiger charge is -2.34. The highest BCUT2D eigenvalue weighted by atomic mass is 16.6. The molecule has 1 aliphatic heterocycles. The molecule has 2 heterocycles. The second kappa shape index (κ2) is 9.32. The maximum absolute atomic E-state index is 12.9. The summed E-state index contributed by atoms with van der Waals surface area (Å²) in [5.41, 5.74) is 1.43. The Labute approximate surface area is 178 Å². The van der Waals surface area contributed by atoms with Crippen LogP contribution in [0.4, 0.5) is 4.79 Å². The van der Waals surface area contributed by atoms with Gasteiger partial charge in [0.1, 0.15) is 11.4 Å². The molecule has 0 spiro atoms. The average Bonchev–Trinajstić information content (AvgIpc) is 3.21. The number of H-pyrrole nitrogens is 1. The minimum absolute atomic E-state index is 0.0484. The molecule has 2 unspecified atom stereocenters. The normalized spacial score (nSPS) is 18.0. The first-order chi connectivity index (χ1) is 14.3. The van der Waals surface area contributed by atoms with Gasteiger partial charge < -0.3 is 19.9 Å². The summed E-state index contributed by atoms with van der Waals surface area (Å²) >= 11 is 0. The Morgan fingerprint density at radius 2 is 2.03 bits per heavy atom. The molecular formula is C23H32N4O3. The number of hydrogen-bond donors (Lipinski definition) is 2. The molecule has 2 aromatic rings. The van der Waals surface area contributed by atoms with E-state index in [-0.39, 0.29) is 24.0 Å². The van der Waals surface area contributed by atoms with Gasteiger partial charge in [0, 0.05) is 13.1 Å². The van der Waals surface area contributed by atoms with Crippen molar-refractivity contribution in [3.63, 3.8) is 0 Å². The highest BCUT2D eigenvalue weighted by Crippen LogP contribution is 2.23. The first-order valence-electron chi connectivity index (χ1n) is 10.7. The van der Waals surface area contributed by atoms with Crippen LogP contribution in [0, 0.1) is 5.92 Å². The number of imidazole rings is 1. The highest BCUT2D eigenvalue weighted by molar-refractivity contribution is 5.80. The molecule has 2 N–H and O–H groups in total. The number of benzene rings is 1. The van der Waals surface area contributed by atoms with Crippen molar-refractivity contribution >= 4 is 12.0 Å². The van der Waals surface area contributed by atoms with Crippen LogP contribution in [0.15, 0.2) is 36.5 Å². The molecule has 0 radical (unpaired) electrons. The summed E-state index contributed by atoms with van der Waals surface area (Å²) in [6.07, 6.45) is 3.70. The predicted molar refractivity (Wildman–Crippen MR) is 116 cm³/mol. The zero-order valence-electron chi connectivity index (χ0n) is 18.3. The van der Waals surface area contributed by atoms with E-state index in [1.54, 1.807) is 11.1 Å². The molecule has 1 aromatic heterocycles. The number of aromatic nitrogens is 2. The van der Waals surface area contributed by atoms with E-state index in [0.29, 0.717) is 13.1 Å². The standard InChI is InChI=1S/C23H32N4O3/c1-5-18(20-24-14-19(25-20)16-10-7-6-8-11-16)26-21(28)17-12-9-13-27(15-17)22(29)30-23(2,3)4/h6-8,10-11,14,17-18H,5,9,12-13,15H2,1-4H3,(H,24,25)(H,26,28). The van der Waals surface area contributed by atoms with Crippen LogP contribution in [-0.2, 0) is 9.53 Å². The van der Waals surface area contributed by atoms with Crippen molar-refractivity contribution in [2.45, 2.75) is 58.6 Å². The lowest BCUT2D eigenvalue weighted by Crippen LogP contribution is -2.47. The van der Waals surface area contributed by atoms with E-state index in [1.165, 1.54) is 0 Å². The number of nitrogens with zero attached hydrogens (tertiary/aromatic N) is 2. The topological polar surface area (TPSA) is 87.3 Å². The van der Waals surface area contributed by atoms with E-state index >= 15 is 0 Å². The highest BCUT2D eigenvalue weighted by Gasteiger charge is 2.32. The van der Waals surface area contributed by atoms with E-state index in [9.17, 15) is 9.59 Å². The fraction of sp³-hybridized carbons (Fsp3) is 0.522. The molecule has 1 aromatic carbocycles. The minimum atomic E-state index is -0.546. The van der Waals surface area contributed by atoms with E-state index in [0.717, 1.165) is 36.3 Å². The summed E-state index contributed by atoms with van der Waals surface area (Å²) < 4.78 is 5.46. The quantitative estimate of drug-likeness (QED) is 0.767. The van der Waals surface area contributed by atoms with Crippen LogP contribution in [0.5, 0.6) is 0 Å². The Hall–Kier alpha value is -2.83. The van der Waals surface area contributed by atoms with Gasteiger partial charge in [-0.1, -0.05) is 37.3 Å². The summed E-state index contributed by atoms with van der Waals surface area (Å²) in [4.78, 5) is 34.8. The second-order valence-electron chi connectivity index (χ2n) is 8.78. The Kier molecular flexibility index (Phi) is 6.80. The third kappa shape index (κ3) is 5.62. The first kappa shape index (κ1) is 21.9. The van der Waals surface area contributed by atoms with Gasteiger partial charge in [-0.3, -0.25) is 4.79 Å². The lowest BCUT2D eigenvalue weighted by molar-refractivity contribution is -0.127. The van der Waals surface area contributed by atoms with E-state index < -0.39 is 5.60 Å². The molecule has 1 saturated heterocycles. The fourth-order valence-electron chi connectivity index (χ4n) is 3.61. The monoisotopic (exact) mass is 412 g/mol. The second-order valence-corrected chi connectivity index (χ2v) is 8.78. The van der Waals surface area contributed by atoms with Crippen molar-refractivity contribution in [1.82, 2.24) is 20.2 Å². The van der Waals surface area contributed by atoms with Crippen LogP contribution in [0.3, 0.4) is 0 Å². The molecule has 0 aliphatic carbocycles. The maximum Gasteiger partial charge on any atom is 0.410 e. The van der Waals surface area contributed by atoms with Gasteiger partial charge in [0.05, 0.1) is 23.9 Å². The summed E-state index contributed by atoms with van der Waals surface area (Å²) in [5.74, 6) is 0.446. The van der Waals surface area contributed by atoms with Gasteiger partial charge in [0.25, 0.3) is 0 Å². The smallest absolute Gasteiger partial charge is 0.410 e. The van der Waals surface area contributed by atoms with Gasteiger partial charge in [-0.15, -0.1) is 0 Å². The van der Waals surface area contributed by atoms with Crippen LogP contribution in [0.2, 0.25) is 0 Å². The Bertz CT molecular complexity index is 857. The molecule has 30 heavy (non-hydrogen) atoms. The van der Waals surface area contributed by atoms with Crippen LogP contribution >= 0.6 is 0 Å². The van der Waals surface area contributed by atoms with Crippen molar-refractivity contribution in [1.29, 1.82) is 0 Å². The van der Waals surface area contributed by atoms with E-state index in [1.807, 2.05) is 58.0 Å². The van der Waals surface area contributed by atoms with Crippen LogP contribution in [-0.4, -0.2) is 45.6 Å². The van der Waals surface area contributed by atoms with Gasteiger partial charge in [0.2, 0.25) is 5.91 Å². The number of likely N-dealkylation sites (tertiary alicyclic amines) is 1. The largest absolute Gasteiger partial charge is 0.444 e. The van der Waals surface area contributed by atoms with Gasteiger partial charge in [-0.2, -0.15) is 0 Å². The number of rotatable bonds is 5. The number of aromatic amines is 1.